The van der Waals surface area contributed by atoms with Gasteiger partial charge in [-0.2, -0.15) is 0 Å². The molecular weight excluding hydrogens is 258 g/mol. The number of hydrogen-bond acceptors (Lipinski definition) is 4. The lowest BCUT2D eigenvalue weighted by Crippen LogP contribution is -2.71. The number of ether oxygens (including phenoxy) is 2. The predicted octanol–water partition coefficient (Wildman–Crippen LogP) is 1.65. The molecule has 5 nitrogen and oxygen atoms in total. The highest BCUT2D eigenvalue weighted by molar-refractivity contribution is 5.69. The molecule has 1 amide bonds. The maximum absolute atomic E-state index is 13.1. The summed E-state index contributed by atoms with van der Waals surface area (Å²) in [7, 11) is 0. The SMILES string of the molecule is CC(C)(C)OC(=O)NC1(C(C)(N)C(F)F)CCOC1. The van der Waals surface area contributed by atoms with Gasteiger partial charge in [0.25, 0.3) is 6.43 Å². The van der Waals surface area contributed by atoms with Gasteiger partial charge >= 0.3 is 6.09 Å². The third kappa shape index (κ3) is 3.54. The number of amides is 1. The van der Waals surface area contributed by atoms with Gasteiger partial charge in [0, 0.05) is 6.61 Å². The first-order chi connectivity index (χ1) is 8.50. The van der Waals surface area contributed by atoms with Crippen molar-refractivity contribution in [3.05, 3.63) is 0 Å². The molecule has 112 valence electrons. The van der Waals surface area contributed by atoms with Crippen LogP contribution in [0.3, 0.4) is 0 Å². The van der Waals surface area contributed by atoms with Crippen molar-refractivity contribution in [3.8, 4) is 0 Å². The van der Waals surface area contributed by atoms with Crippen LogP contribution in [0, 0.1) is 0 Å². The first kappa shape index (κ1) is 16.1. The summed E-state index contributed by atoms with van der Waals surface area (Å²) in [6.45, 7) is 6.51. The highest BCUT2D eigenvalue weighted by atomic mass is 19.3. The van der Waals surface area contributed by atoms with E-state index in [0.29, 0.717) is 0 Å². The monoisotopic (exact) mass is 280 g/mol. The van der Waals surface area contributed by atoms with E-state index in [2.05, 4.69) is 5.32 Å². The molecule has 1 aliphatic rings. The van der Waals surface area contributed by atoms with E-state index in [9.17, 15) is 13.6 Å². The Morgan fingerprint density at radius 1 is 1.42 bits per heavy atom. The second kappa shape index (κ2) is 5.20. The molecule has 1 aliphatic heterocycles. The van der Waals surface area contributed by atoms with Crippen molar-refractivity contribution in [2.24, 2.45) is 5.73 Å². The fourth-order valence-corrected chi connectivity index (χ4v) is 1.93. The van der Waals surface area contributed by atoms with Crippen LogP contribution in [0.15, 0.2) is 0 Å². The van der Waals surface area contributed by atoms with Gasteiger partial charge in [-0.15, -0.1) is 0 Å². The van der Waals surface area contributed by atoms with Crippen molar-refractivity contribution in [1.82, 2.24) is 5.32 Å². The van der Waals surface area contributed by atoms with Gasteiger partial charge in [-0.1, -0.05) is 0 Å². The molecule has 0 spiro atoms. The molecule has 0 bridgehead atoms. The summed E-state index contributed by atoms with van der Waals surface area (Å²) in [5.74, 6) is 0. The fourth-order valence-electron chi connectivity index (χ4n) is 1.93. The van der Waals surface area contributed by atoms with E-state index in [1.165, 1.54) is 6.92 Å². The second-order valence-electron chi connectivity index (χ2n) is 6.09. The van der Waals surface area contributed by atoms with Crippen LogP contribution >= 0.6 is 0 Å². The van der Waals surface area contributed by atoms with Crippen LogP contribution in [0.5, 0.6) is 0 Å². The largest absolute Gasteiger partial charge is 0.444 e. The van der Waals surface area contributed by atoms with Gasteiger partial charge in [0.2, 0.25) is 0 Å². The zero-order valence-corrected chi connectivity index (χ0v) is 11.8. The van der Waals surface area contributed by atoms with E-state index >= 15 is 0 Å². The molecule has 1 heterocycles. The zero-order chi connectivity index (χ0) is 14.9. The molecule has 0 saturated carbocycles. The number of carbonyl (C=O) groups excluding carboxylic acids is 1. The number of rotatable bonds is 3. The average molecular weight is 280 g/mol. The smallest absolute Gasteiger partial charge is 0.408 e. The van der Waals surface area contributed by atoms with Crippen molar-refractivity contribution in [3.63, 3.8) is 0 Å². The van der Waals surface area contributed by atoms with E-state index in [-0.39, 0.29) is 19.6 Å². The molecule has 0 radical (unpaired) electrons. The first-order valence-electron chi connectivity index (χ1n) is 6.16. The lowest BCUT2D eigenvalue weighted by atomic mass is 9.78. The van der Waals surface area contributed by atoms with E-state index in [1.54, 1.807) is 20.8 Å². The van der Waals surface area contributed by atoms with Gasteiger partial charge in [0.15, 0.2) is 0 Å². The Bertz CT molecular complexity index is 334. The standard InChI is InChI=1S/C12H22F2N2O3/c1-10(2,3)19-9(17)16-12(5-6-18-7-12)11(4,15)8(13)14/h8H,5-7,15H2,1-4H3,(H,16,17). The number of hydrogen-bond donors (Lipinski definition) is 2. The fraction of sp³-hybridized carbons (Fsp3) is 0.917. The summed E-state index contributed by atoms with van der Waals surface area (Å²) >= 11 is 0. The Kier molecular flexibility index (Phi) is 4.41. The van der Waals surface area contributed by atoms with Crippen LogP contribution in [0.25, 0.3) is 0 Å². The van der Waals surface area contributed by atoms with Crippen LogP contribution in [-0.2, 0) is 9.47 Å². The Hall–Kier alpha value is -0.950. The third-order valence-electron chi connectivity index (χ3n) is 3.25. The maximum Gasteiger partial charge on any atom is 0.408 e. The molecule has 1 rings (SSSR count). The molecular formula is C12H22F2N2O3. The van der Waals surface area contributed by atoms with E-state index in [1.807, 2.05) is 0 Å². The number of nitrogens with two attached hydrogens (primary N) is 1. The van der Waals surface area contributed by atoms with Gasteiger partial charge in [0.05, 0.1) is 12.1 Å². The quantitative estimate of drug-likeness (QED) is 0.824. The highest BCUT2D eigenvalue weighted by Crippen LogP contribution is 2.33. The Balaban J connectivity index is 2.87. The maximum atomic E-state index is 13.1. The number of halogens is 2. The lowest BCUT2D eigenvalue weighted by Gasteiger charge is -2.42. The Labute approximate surface area is 111 Å². The third-order valence-corrected chi connectivity index (χ3v) is 3.25. The van der Waals surface area contributed by atoms with Crippen LogP contribution in [-0.4, -0.2) is 42.4 Å². The minimum atomic E-state index is -2.79. The second-order valence-corrected chi connectivity index (χ2v) is 6.09. The molecule has 0 aromatic carbocycles. The zero-order valence-electron chi connectivity index (χ0n) is 11.8. The van der Waals surface area contributed by atoms with E-state index in [0.717, 1.165) is 0 Å². The summed E-state index contributed by atoms with van der Waals surface area (Å²) in [6, 6.07) is 0. The van der Waals surface area contributed by atoms with Crippen molar-refractivity contribution in [2.45, 2.75) is 57.2 Å². The van der Waals surface area contributed by atoms with Crippen molar-refractivity contribution >= 4 is 6.09 Å². The van der Waals surface area contributed by atoms with E-state index < -0.39 is 29.2 Å². The summed E-state index contributed by atoms with van der Waals surface area (Å²) in [4.78, 5) is 11.8. The number of alkyl carbamates (subject to hydrolysis) is 1. The summed E-state index contributed by atoms with van der Waals surface area (Å²) < 4.78 is 36.5. The average Bonchev–Trinajstić information content (AvgIpc) is 2.64. The van der Waals surface area contributed by atoms with Gasteiger partial charge in [-0.3, -0.25) is 0 Å². The molecule has 3 N–H and O–H groups in total. The normalized spacial score (nSPS) is 27.2. The first-order valence-corrected chi connectivity index (χ1v) is 6.16. The van der Waals surface area contributed by atoms with Gasteiger partial charge in [-0.05, 0) is 34.1 Å². The molecule has 0 aromatic rings. The molecule has 7 heteroatoms. The van der Waals surface area contributed by atoms with Crippen LogP contribution in [0.1, 0.15) is 34.1 Å². The minimum absolute atomic E-state index is 0.0520. The van der Waals surface area contributed by atoms with Crippen molar-refractivity contribution in [2.75, 3.05) is 13.2 Å². The molecule has 1 fully saturated rings. The van der Waals surface area contributed by atoms with Crippen LogP contribution < -0.4 is 11.1 Å². The predicted molar refractivity (Wildman–Crippen MR) is 66.1 cm³/mol. The summed E-state index contributed by atoms with van der Waals surface area (Å²) in [6.07, 6.45) is -3.33. The van der Waals surface area contributed by atoms with Crippen molar-refractivity contribution < 1.29 is 23.0 Å². The number of carbonyl (C=O) groups is 1. The summed E-state index contributed by atoms with van der Waals surface area (Å²) in [5.41, 5.74) is 1.80. The van der Waals surface area contributed by atoms with E-state index in [4.69, 9.17) is 15.2 Å². The molecule has 0 aliphatic carbocycles. The van der Waals surface area contributed by atoms with Gasteiger partial charge in [0.1, 0.15) is 11.1 Å². The number of nitrogens with one attached hydrogen (secondary N) is 1. The molecule has 2 atom stereocenters. The van der Waals surface area contributed by atoms with Gasteiger partial charge in [-0.25, -0.2) is 13.6 Å². The highest BCUT2D eigenvalue weighted by Gasteiger charge is 2.55. The lowest BCUT2D eigenvalue weighted by molar-refractivity contribution is -0.0115. The number of alkyl halides is 2. The van der Waals surface area contributed by atoms with Gasteiger partial charge < -0.3 is 20.5 Å². The van der Waals surface area contributed by atoms with Crippen LogP contribution in [0.2, 0.25) is 0 Å². The van der Waals surface area contributed by atoms with Crippen molar-refractivity contribution in [1.29, 1.82) is 0 Å². The Morgan fingerprint density at radius 2 is 2.00 bits per heavy atom. The minimum Gasteiger partial charge on any atom is -0.444 e. The molecule has 19 heavy (non-hydrogen) atoms. The van der Waals surface area contributed by atoms with Crippen LogP contribution in [0.4, 0.5) is 13.6 Å². The molecule has 0 aromatic heterocycles. The topological polar surface area (TPSA) is 73.6 Å². The Morgan fingerprint density at radius 3 is 2.37 bits per heavy atom. The molecule has 1 saturated heterocycles. The summed E-state index contributed by atoms with van der Waals surface area (Å²) in [5, 5.41) is 2.48. The molecule has 2 unspecified atom stereocenters.